The van der Waals surface area contributed by atoms with Crippen LogP contribution in [0.5, 0.6) is 0 Å². The molecule has 1 heterocycles. The zero-order valence-electron chi connectivity index (χ0n) is 10.7. The standard InChI is InChI=1S/C14H20BrNO/c1-10-4-5-11(15)8-13(10)16-9-12-6-7-14(2,3)17-12/h4-5,8,12,16H,6-7,9H2,1-3H3. The zero-order chi connectivity index (χ0) is 12.5. The number of hydrogen-bond acceptors (Lipinski definition) is 2. The van der Waals surface area contributed by atoms with Crippen molar-refractivity contribution in [2.45, 2.75) is 45.3 Å². The molecular formula is C14H20BrNO. The van der Waals surface area contributed by atoms with E-state index in [1.807, 2.05) is 0 Å². The van der Waals surface area contributed by atoms with E-state index in [2.05, 4.69) is 60.2 Å². The monoisotopic (exact) mass is 297 g/mol. The second-order valence-electron chi connectivity index (χ2n) is 5.38. The Kier molecular flexibility index (Phi) is 3.79. The number of anilines is 1. The van der Waals surface area contributed by atoms with Crippen LogP contribution in [0.4, 0.5) is 5.69 Å². The van der Waals surface area contributed by atoms with E-state index >= 15 is 0 Å². The van der Waals surface area contributed by atoms with Crippen LogP contribution in [-0.4, -0.2) is 18.2 Å². The van der Waals surface area contributed by atoms with Crippen molar-refractivity contribution < 1.29 is 4.74 Å². The van der Waals surface area contributed by atoms with E-state index in [0.29, 0.717) is 6.10 Å². The number of benzene rings is 1. The van der Waals surface area contributed by atoms with Crippen LogP contribution in [0.25, 0.3) is 0 Å². The van der Waals surface area contributed by atoms with Crippen LogP contribution in [0.1, 0.15) is 32.3 Å². The predicted molar refractivity (Wildman–Crippen MR) is 75.6 cm³/mol. The highest BCUT2D eigenvalue weighted by molar-refractivity contribution is 9.10. The topological polar surface area (TPSA) is 21.3 Å². The Hall–Kier alpha value is -0.540. The minimum Gasteiger partial charge on any atom is -0.382 e. The van der Waals surface area contributed by atoms with Gasteiger partial charge < -0.3 is 10.1 Å². The van der Waals surface area contributed by atoms with Crippen molar-refractivity contribution in [3.8, 4) is 0 Å². The molecule has 0 bridgehead atoms. The van der Waals surface area contributed by atoms with E-state index in [1.54, 1.807) is 0 Å². The van der Waals surface area contributed by atoms with E-state index in [9.17, 15) is 0 Å². The minimum absolute atomic E-state index is 0.0542. The maximum Gasteiger partial charge on any atom is 0.0755 e. The van der Waals surface area contributed by atoms with Crippen molar-refractivity contribution in [3.63, 3.8) is 0 Å². The van der Waals surface area contributed by atoms with Gasteiger partial charge in [0, 0.05) is 16.7 Å². The van der Waals surface area contributed by atoms with Gasteiger partial charge in [0.05, 0.1) is 11.7 Å². The molecule has 1 N–H and O–H groups in total. The number of ether oxygens (including phenoxy) is 1. The van der Waals surface area contributed by atoms with Crippen LogP contribution in [0.3, 0.4) is 0 Å². The fourth-order valence-corrected chi connectivity index (χ4v) is 2.59. The lowest BCUT2D eigenvalue weighted by molar-refractivity contribution is -0.00911. The summed E-state index contributed by atoms with van der Waals surface area (Å²) >= 11 is 3.50. The lowest BCUT2D eigenvalue weighted by Crippen LogP contribution is -2.25. The van der Waals surface area contributed by atoms with Gasteiger partial charge in [-0.25, -0.2) is 0 Å². The Morgan fingerprint density at radius 3 is 2.88 bits per heavy atom. The van der Waals surface area contributed by atoms with E-state index in [4.69, 9.17) is 4.74 Å². The van der Waals surface area contributed by atoms with Crippen molar-refractivity contribution in [2.24, 2.45) is 0 Å². The lowest BCUT2D eigenvalue weighted by atomic mass is 10.1. The summed E-state index contributed by atoms with van der Waals surface area (Å²) in [5, 5.41) is 3.48. The Morgan fingerprint density at radius 1 is 1.47 bits per heavy atom. The summed E-state index contributed by atoms with van der Waals surface area (Å²) in [6.07, 6.45) is 2.63. The second kappa shape index (κ2) is 4.99. The average Bonchev–Trinajstić information content (AvgIpc) is 2.60. The largest absolute Gasteiger partial charge is 0.382 e. The number of nitrogens with one attached hydrogen (secondary N) is 1. The van der Waals surface area contributed by atoms with Crippen LogP contribution in [-0.2, 0) is 4.74 Å². The van der Waals surface area contributed by atoms with Gasteiger partial charge in [0.1, 0.15) is 0 Å². The molecule has 0 radical (unpaired) electrons. The van der Waals surface area contributed by atoms with Gasteiger partial charge in [-0.15, -0.1) is 0 Å². The third-order valence-corrected chi connectivity index (χ3v) is 3.77. The van der Waals surface area contributed by atoms with E-state index < -0.39 is 0 Å². The second-order valence-corrected chi connectivity index (χ2v) is 6.29. The molecule has 0 spiro atoms. The van der Waals surface area contributed by atoms with Gasteiger partial charge in [-0.2, -0.15) is 0 Å². The Bertz CT molecular complexity index is 403. The Morgan fingerprint density at radius 2 is 2.24 bits per heavy atom. The van der Waals surface area contributed by atoms with Gasteiger partial charge in [0.2, 0.25) is 0 Å². The summed E-state index contributed by atoms with van der Waals surface area (Å²) in [6, 6.07) is 6.30. The summed E-state index contributed by atoms with van der Waals surface area (Å²) < 4.78 is 7.08. The maximum atomic E-state index is 5.97. The molecule has 17 heavy (non-hydrogen) atoms. The van der Waals surface area contributed by atoms with Gasteiger partial charge >= 0.3 is 0 Å². The van der Waals surface area contributed by atoms with Crippen LogP contribution in [0.2, 0.25) is 0 Å². The van der Waals surface area contributed by atoms with E-state index in [-0.39, 0.29) is 5.60 Å². The smallest absolute Gasteiger partial charge is 0.0755 e. The summed E-state index contributed by atoms with van der Waals surface area (Å²) in [5.74, 6) is 0. The Balaban J connectivity index is 1.92. The molecular weight excluding hydrogens is 278 g/mol. The summed E-state index contributed by atoms with van der Waals surface area (Å²) in [6.45, 7) is 7.34. The van der Waals surface area contributed by atoms with Crippen LogP contribution < -0.4 is 5.32 Å². The van der Waals surface area contributed by atoms with Crippen LogP contribution >= 0.6 is 15.9 Å². The molecule has 1 aromatic rings. The molecule has 1 fully saturated rings. The summed E-state index contributed by atoms with van der Waals surface area (Å²) in [4.78, 5) is 0. The van der Waals surface area contributed by atoms with Crippen LogP contribution in [0.15, 0.2) is 22.7 Å². The molecule has 2 rings (SSSR count). The van der Waals surface area contributed by atoms with Crippen molar-refractivity contribution in [1.82, 2.24) is 0 Å². The molecule has 0 saturated carbocycles. The first-order chi connectivity index (χ1) is 7.96. The number of hydrogen-bond donors (Lipinski definition) is 1. The molecule has 0 amide bonds. The fourth-order valence-electron chi connectivity index (χ4n) is 2.23. The third-order valence-electron chi connectivity index (χ3n) is 3.27. The van der Waals surface area contributed by atoms with E-state index in [1.165, 1.54) is 11.3 Å². The highest BCUT2D eigenvalue weighted by Gasteiger charge is 2.31. The normalized spacial score (nSPS) is 22.7. The maximum absolute atomic E-state index is 5.97. The number of halogens is 1. The SMILES string of the molecule is Cc1ccc(Br)cc1NCC1CCC(C)(C)O1. The van der Waals surface area contributed by atoms with Crippen molar-refractivity contribution >= 4 is 21.6 Å². The summed E-state index contributed by atoms with van der Waals surface area (Å²) in [5.41, 5.74) is 2.51. The summed E-state index contributed by atoms with van der Waals surface area (Å²) in [7, 11) is 0. The van der Waals surface area contributed by atoms with Crippen LogP contribution in [0, 0.1) is 6.92 Å². The predicted octanol–water partition coefficient (Wildman–Crippen LogP) is 4.13. The molecule has 1 aliphatic heterocycles. The van der Waals surface area contributed by atoms with Gasteiger partial charge in [0.25, 0.3) is 0 Å². The molecule has 1 aromatic carbocycles. The highest BCUT2D eigenvalue weighted by Crippen LogP contribution is 2.30. The number of aryl methyl sites for hydroxylation is 1. The molecule has 1 saturated heterocycles. The van der Waals surface area contributed by atoms with Gasteiger partial charge in [-0.3, -0.25) is 0 Å². The quantitative estimate of drug-likeness (QED) is 0.906. The van der Waals surface area contributed by atoms with Gasteiger partial charge in [-0.05, 0) is 51.3 Å². The molecule has 1 unspecified atom stereocenters. The molecule has 0 aromatic heterocycles. The molecule has 2 nitrogen and oxygen atoms in total. The van der Waals surface area contributed by atoms with Crippen molar-refractivity contribution in [1.29, 1.82) is 0 Å². The lowest BCUT2D eigenvalue weighted by Gasteiger charge is -2.20. The fraction of sp³-hybridized carbons (Fsp3) is 0.571. The first kappa shape index (κ1) is 12.9. The zero-order valence-corrected chi connectivity index (χ0v) is 12.3. The molecule has 1 atom stereocenters. The van der Waals surface area contributed by atoms with E-state index in [0.717, 1.165) is 23.9 Å². The minimum atomic E-state index is 0.0542. The first-order valence-electron chi connectivity index (χ1n) is 6.14. The third kappa shape index (κ3) is 3.46. The van der Waals surface area contributed by atoms with Crippen molar-refractivity contribution in [2.75, 3.05) is 11.9 Å². The first-order valence-corrected chi connectivity index (χ1v) is 6.93. The van der Waals surface area contributed by atoms with Gasteiger partial charge in [-0.1, -0.05) is 22.0 Å². The molecule has 1 aliphatic rings. The van der Waals surface area contributed by atoms with Gasteiger partial charge in [0.15, 0.2) is 0 Å². The molecule has 0 aliphatic carbocycles. The number of rotatable bonds is 3. The molecule has 94 valence electrons. The highest BCUT2D eigenvalue weighted by atomic mass is 79.9. The average molecular weight is 298 g/mol. The molecule has 3 heteroatoms. The van der Waals surface area contributed by atoms with Crippen molar-refractivity contribution in [3.05, 3.63) is 28.2 Å². The Labute approximate surface area is 112 Å².